The summed E-state index contributed by atoms with van der Waals surface area (Å²) in [4.78, 5) is 28.3. The fourth-order valence-electron chi connectivity index (χ4n) is 5.12. The highest BCUT2D eigenvalue weighted by molar-refractivity contribution is 8.22. The Morgan fingerprint density at radius 1 is 0.927 bits per heavy atom. The lowest BCUT2D eigenvalue weighted by molar-refractivity contribution is -0.118. The minimum Gasteiger partial charge on any atom is -0.449 e. The van der Waals surface area contributed by atoms with Gasteiger partial charge in [-0.15, -0.1) is 0 Å². The molecule has 6 nitrogen and oxygen atoms in total. The maximum atomic E-state index is 13.2. The zero-order valence-corrected chi connectivity index (χ0v) is 25.8. The van der Waals surface area contributed by atoms with Crippen LogP contribution in [0.3, 0.4) is 0 Å². The summed E-state index contributed by atoms with van der Waals surface area (Å²) in [6.45, 7) is 10.2. The van der Waals surface area contributed by atoms with E-state index in [2.05, 4.69) is 53.6 Å². The molecule has 8 heteroatoms. The molecule has 2 N–H and O–H groups in total. The van der Waals surface area contributed by atoms with Crippen LogP contribution in [0.25, 0.3) is 11.1 Å². The van der Waals surface area contributed by atoms with Crippen LogP contribution in [0.15, 0.2) is 72.8 Å². The number of benzene rings is 3. The summed E-state index contributed by atoms with van der Waals surface area (Å²) in [7, 11) is 0. The van der Waals surface area contributed by atoms with Gasteiger partial charge in [0.1, 0.15) is 17.0 Å². The van der Waals surface area contributed by atoms with Gasteiger partial charge < -0.3 is 20.3 Å². The summed E-state index contributed by atoms with van der Waals surface area (Å²) in [5.41, 5.74) is 6.44. The fraction of sp³-hybridized carbons (Fsp3) is 0.364. The van der Waals surface area contributed by atoms with Crippen LogP contribution >= 0.6 is 24.0 Å². The summed E-state index contributed by atoms with van der Waals surface area (Å²) in [5.74, 6) is 0.664. The molecule has 1 aliphatic rings. The minimum atomic E-state index is -0.715. The van der Waals surface area contributed by atoms with Crippen LogP contribution in [-0.4, -0.2) is 47.0 Å². The monoisotopic (exact) mass is 589 g/mol. The molecule has 41 heavy (non-hydrogen) atoms. The van der Waals surface area contributed by atoms with Crippen molar-refractivity contribution in [2.24, 2.45) is 5.92 Å². The molecule has 0 fully saturated rings. The van der Waals surface area contributed by atoms with Crippen LogP contribution in [0.5, 0.6) is 0 Å². The van der Waals surface area contributed by atoms with Gasteiger partial charge in [-0.25, -0.2) is 4.79 Å². The second-order valence-corrected chi connectivity index (χ2v) is 12.2. The highest BCUT2D eigenvalue weighted by Crippen LogP contribution is 2.44. The largest absolute Gasteiger partial charge is 0.449 e. The van der Waals surface area contributed by atoms with Crippen LogP contribution in [0, 0.1) is 5.92 Å². The molecule has 0 radical (unpaired) electrons. The van der Waals surface area contributed by atoms with E-state index in [-0.39, 0.29) is 24.3 Å². The number of nitrogens with zero attached hydrogens (tertiary/aromatic N) is 1. The second kappa shape index (κ2) is 14.5. The number of thiocarbonyl (C=S) groups is 1. The number of thioether (sulfide) groups is 1. The van der Waals surface area contributed by atoms with E-state index in [1.807, 2.05) is 62.4 Å². The fourth-order valence-corrected chi connectivity index (χ4v) is 6.48. The van der Waals surface area contributed by atoms with Crippen LogP contribution in [-0.2, 0) is 15.3 Å². The van der Waals surface area contributed by atoms with Crippen molar-refractivity contribution in [3.63, 3.8) is 0 Å². The molecule has 0 aromatic heterocycles. The summed E-state index contributed by atoms with van der Waals surface area (Å²) in [6.07, 6.45) is -0.0997. The van der Waals surface area contributed by atoms with E-state index in [4.69, 9.17) is 17.0 Å². The molecule has 0 aliphatic heterocycles. The Morgan fingerprint density at radius 3 is 2.07 bits per heavy atom. The van der Waals surface area contributed by atoms with E-state index in [1.54, 1.807) is 11.8 Å². The third-order valence-corrected chi connectivity index (χ3v) is 8.86. The molecule has 3 aromatic rings. The van der Waals surface area contributed by atoms with Crippen molar-refractivity contribution in [3.05, 3.63) is 89.5 Å². The number of alkyl carbamates (subject to hydrolysis) is 1. The predicted molar refractivity (Wildman–Crippen MR) is 173 cm³/mol. The molecule has 216 valence electrons. The van der Waals surface area contributed by atoms with Gasteiger partial charge in [0.05, 0.1) is 0 Å². The highest BCUT2D eigenvalue weighted by Gasteiger charge is 2.30. The van der Waals surface area contributed by atoms with E-state index in [0.717, 1.165) is 39.9 Å². The molecule has 0 bridgehead atoms. The average molecular weight is 590 g/mol. The molecule has 2 amide bonds. The lowest BCUT2D eigenvalue weighted by Crippen LogP contribution is -2.45. The molecule has 4 rings (SSSR count). The van der Waals surface area contributed by atoms with Crippen molar-refractivity contribution >= 4 is 46.0 Å². The molecular formula is C33H39N3O3S2. The molecule has 0 saturated carbocycles. The standard InChI is InChI=1S/C33H39N3O3S2/c1-5-36(6-2)33(40)41-21-23-15-17-24(18-16-23)34-31(37)30(19-22(3)4)35-32(38)39-20-29-27-13-9-7-11-25(27)26-12-8-10-14-28(26)29/h7-18,22,29-30H,5-6,19-21H2,1-4H3,(H,34,37)(H,35,38)/t30-/m0/s1. The molecule has 1 aliphatic carbocycles. The van der Waals surface area contributed by atoms with Crippen molar-refractivity contribution in [2.45, 2.75) is 51.8 Å². The number of nitrogens with one attached hydrogen (secondary N) is 2. The smallest absolute Gasteiger partial charge is 0.407 e. The SMILES string of the molecule is CCN(CC)C(=S)SCc1ccc(NC(=O)[C@H](CC(C)C)NC(=O)OCC2c3ccccc3-c3ccccc32)cc1. The summed E-state index contributed by atoms with van der Waals surface area (Å²) in [6, 6.07) is 23.5. The van der Waals surface area contributed by atoms with E-state index in [9.17, 15) is 9.59 Å². The van der Waals surface area contributed by atoms with Crippen LogP contribution in [0.1, 0.15) is 56.7 Å². The lowest BCUT2D eigenvalue weighted by atomic mass is 9.98. The Morgan fingerprint density at radius 2 is 1.51 bits per heavy atom. The predicted octanol–water partition coefficient (Wildman–Crippen LogP) is 7.44. The quantitative estimate of drug-likeness (QED) is 0.227. The summed E-state index contributed by atoms with van der Waals surface area (Å²) >= 11 is 7.16. The number of anilines is 1. The minimum absolute atomic E-state index is 0.0384. The van der Waals surface area contributed by atoms with Gasteiger partial charge in [0.25, 0.3) is 0 Å². The number of carbonyl (C=O) groups is 2. The van der Waals surface area contributed by atoms with Crippen LogP contribution in [0.2, 0.25) is 0 Å². The first-order valence-electron chi connectivity index (χ1n) is 14.2. The maximum absolute atomic E-state index is 13.2. The van der Waals surface area contributed by atoms with Gasteiger partial charge in [0.2, 0.25) is 5.91 Å². The van der Waals surface area contributed by atoms with E-state index < -0.39 is 12.1 Å². The molecular weight excluding hydrogens is 551 g/mol. The normalized spacial score (nSPS) is 12.8. The molecule has 0 saturated heterocycles. The van der Waals surface area contributed by atoms with Gasteiger partial charge in [0.15, 0.2) is 0 Å². The molecule has 1 atom stereocenters. The third kappa shape index (κ3) is 7.89. The summed E-state index contributed by atoms with van der Waals surface area (Å²) < 4.78 is 6.59. The first-order valence-corrected chi connectivity index (χ1v) is 15.6. The second-order valence-electron chi connectivity index (χ2n) is 10.6. The Kier molecular flexibility index (Phi) is 10.8. The molecule has 0 spiro atoms. The number of carbonyl (C=O) groups excluding carboxylic acids is 2. The first-order chi connectivity index (χ1) is 19.8. The van der Waals surface area contributed by atoms with Gasteiger partial charge in [-0.1, -0.05) is 98.5 Å². The number of ether oxygens (including phenoxy) is 1. The van der Waals surface area contributed by atoms with Crippen molar-refractivity contribution in [2.75, 3.05) is 25.0 Å². The van der Waals surface area contributed by atoms with Gasteiger partial charge in [-0.2, -0.15) is 0 Å². The number of amides is 2. The van der Waals surface area contributed by atoms with Crippen molar-refractivity contribution in [1.82, 2.24) is 10.2 Å². The Hall–Kier alpha value is -3.36. The van der Waals surface area contributed by atoms with Crippen LogP contribution in [0.4, 0.5) is 10.5 Å². The third-order valence-electron chi connectivity index (χ3n) is 7.26. The topological polar surface area (TPSA) is 70.7 Å². The van der Waals surface area contributed by atoms with E-state index in [0.29, 0.717) is 12.1 Å². The molecule has 0 unspecified atom stereocenters. The van der Waals surface area contributed by atoms with E-state index >= 15 is 0 Å². The van der Waals surface area contributed by atoms with Gasteiger partial charge >= 0.3 is 6.09 Å². The van der Waals surface area contributed by atoms with Crippen molar-refractivity contribution < 1.29 is 14.3 Å². The van der Waals surface area contributed by atoms with Crippen molar-refractivity contribution in [1.29, 1.82) is 0 Å². The average Bonchev–Trinajstić information content (AvgIpc) is 3.29. The van der Waals surface area contributed by atoms with Gasteiger partial charge in [0, 0.05) is 30.4 Å². The number of hydrogen-bond acceptors (Lipinski definition) is 5. The molecule has 0 heterocycles. The zero-order chi connectivity index (χ0) is 29.4. The first kappa shape index (κ1) is 30.6. The Labute approximate surface area is 253 Å². The number of fused-ring (bicyclic) bond motifs is 3. The highest BCUT2D eigenvalue weighted by atomic mass is 32.2. The lowest BCUT2D eigenvalue weighted by Gasteiger charge is -2.21. The van der Waals surface area contributed by atoms with Crippen LogP contribution < -0.4 is 10.6 Å². The number of rotatable bonds is 11. The zero-order valence-electron chi connectivity index (χ0n) is 24.2. The Balaban J connectivity index is 1.33. The summed E-state index contributed by atoms with van der Waals surface area (Å²) in [5, 5.41) is 5.77. The molecule has 3 aromatic carbocycles. The van der Waals surface area contributed by atoms with Crippen molar-refractivity contribution in [3.8, 4) is 11.1 Å². The number of hydrogen-bond donors (Lipinski definition) is 2. The van der Waals surface area contributed by atoms with Gasteiger partial charge in [-0.3, -0.25) is 4.79 Å². The van der Waals surface area contributed by atoms with E-state index in [1.165, 1.54) is 11.1 Å². The Bertz CT molecular complexity index is 1310. The van der Waals surface area contributed by atoms with Gasteiger partial charge in [-0.05, 0) is 66.1 Å². The maximum Gasteiger partial charge on any atom is 0.407 e.